The van der Waals surface area contributed by atoms with Crippen molar-refractivity contribution in [2.45, 2.75) is 64.1 Å². The van der Waals surface area contributed by atoms with Crippen LogP contribution in [0, 0.1) is 5.92 Å². The van der Waals surface area contributed by atoms with Crippen LogP contribution in [0.1, 0.15) is 52.9 Å². The van der Waals surface area contributed by atoms with E-state index in [9.17, 15) is 5.11 Å². The second kappa shape index (κ2) is 6.17. The number of methoxy groups -OCH3 is 1. The van der Waals surface area contributed by atoms with Gasteiger partial charge in [-0.05, 0) is 58.4 Å². The fourth-order valence-corrected chi connectivity index (χ4v) is 2.29. The highest BCUT2D eigenvalue weighted by atomic mass is 16.5. The molecule has 0 radical (unpaired) electrons. The van der Waals surface area contributed by atoms with E-state index in [1.54, 1.807) is 7.11 Å². The maximum absolute atomic E-state index is 10.4. The van der Waals surface area contributed by atoms with Crippen molar-refractivity contribution in [2.75, 3.05) is 20.2 Å². The van der Waals surface area contributed by atoms with Crippen LogP contribution in [0.4, 0.5) is 0 Å². The van der Waals surface area contributed by atoms with E-state index in [0.29, 0.717) is 0 Å². The first-order chi connectivity index (χ1) is 7.87. The second-order valence-corrected chi connectivity index (χ2v) is 6.30. The number of aliphatic hydroxyl groups is 1. The summed E-state index contributed by atoms with van der Waals surface area (Å²) in [6.07, 6.45) is 5.16. The molecular weight excluding hydrogens is 214 g/mol. The van der Waals surface area contributed by atoms with Gasteiger partial charge in [-0.2, -0.15) is 0 Å². The summed E-state index contributed by atoms with van der Waals surface area (Å²) in [5.74, 6) is 0.780. The van der Waals surface area contributed by atoms with Crippen molar-refractivity contribution < 1.29 is 9.84 Å². The lowest BCUT2D eigenvalue weighted by molar-refractivity contribution is -0.0108. The van der Waals surface area contributed by atoms with Crippen molar-refractivity contribution in [1.82, 2.24) is 5.32 Å². The van der Waals surface area contributed by atoms with Crippen molar-refractivity contribution in [3.63, 3.8) is 0 Å². The standard InChI is InChI=1S/C14H29NO2/c1-12-5-7-14(16,8-6-12)11-15-10-9-13(2,3)17-4/h12,15-16H,5-11H2,1-4H3. The molecule has 1 saturated carbocycles. The highest BCUT2D eigenvalue weighted by Crippen LogP contribution is 2.31. The van der Waals surface area contributed by atoms with Crippen molar-refractivity contribution in [2.24, 2.45) is 5.92 Å². The molecule has 0 aromatic rings. The van der Waals surface area contributed by atoms with Gasteiger partial charge >= 0.3 is 0 Å². The molecule has 0 aromatic carbocycles. The predicted molar refractivity (Wildman–Crippen MR) is 71.2 cm³/mol. The van der Waals surface area contributed by atoms with Gasteiger partial charge in [-0.15, -0.1) is 0 Å². The van der Waals surface area contributed by atoms with Crippen LogP contribution in [0.25, 0.3) is 0 Å². The molecule has 2 N–H and O–H groups in total. The van der Waals surface area contributed by atoms with Gasteiger partial charge in [0, 0.05) is 13.7 Å². The zero-order valence-electron chi connectivity index (χ0n) is 11.9. The van der Waals surface area contributed by atoms with E-state index in [1.165, 1.54) is 0 Å². The average molecular weight is 243 g/mol. The summed E-state index contributed by atoms with van der Waals surface area (Å²) in [6, 6.07) is 0. The first-order valence-corrected chi connectivity index (χ1v) is 6.85. The van der Waals surface area contributed by atoms with Crippen LogP contribution in [0.3, 0.4) is 0 Å². The van der Waals surface area contributed by atoms with Gasteiger partial charge in [0.05, 0.1) is 11.2 Å². The lowest BCUT2D eigenvalue weighted by Gasteiger charge is -2.35. The van der Waals surface area contributed by atoms with Crippen LogP contribution in [-0.4, -0.2) is 36.5 Å². The van der Waals surface area contributed by atoms with Crippen LogP contribution in [0.15, 0.2) is 0 Å². The number of nitrogens with one attached hydrogen (secondary N) is 1. The van der Waals surface area contributed by atoms with E-state index in [4.69, 9.17) is 4.74 Å². The third-order valence-electron chi connectivity index (χ3n) is 4.12. The van der Waals surface area contributed by atoms with E-state index in [1.807, 2.05) is 0 Å². The molecular formula is C14H29NO2. The normalized spacial score (nSPS) is 30.5. The predicted octanol–water partition coefficient (Wildman–Crippen LogP) is 2.33. The number of hydrogen-bond donors (Lipinski definition) is 2. The van der Waals surface area contributed by atoms with Gasteiger partial charge in [0.2, 0.25) is 0 Å². The molecule has 0 heterocycles. The molecule has 0 aromatic heterocycles. The third-order valence-corrected chi connectivity index (χ3v) is 4.12. The van der Waals surface area contributed by atoms with Gasteiger partial charge in [-0.25, -0.2) is 0 Å². The third kappa shape index (κ3) is 5.36. The molecule has 3 heteroatoms. The van der Waals surface area contributed by atoms with Crippen LogP contribution >= 0.6 is 0 Å². The first-order valence-electron chi connectivity index (χ1n) is 6.85. The van der Waals surface area contributed by atoms with E-state index in [0.717, 1.165) is 51.1 Å². The van der Waals surface area contributed by atoms with Crippen molar-refractivity contribution in [3.05, 3.63) is 0 Å². The Morgan fingerprint density at radius 2 is 1.94 bits per heavy atom. The summed E-state index contributed by atoms with van der Waals surface area (Å²) in [6.45, 7) is 8.07. The minimum absolute atomic E-state index is 0.0727. The SMILES string of the molecule is COC(C)(C)CCNCC1(O)CCC(C)CC1. The van der Waals surface area contributed by atoms with Gasteiger partial charge in [-0.1, -0.05) is 6.92 Å². The maximum Gasteiger partial charge on any atom is 0.0771 e. The summed E-state index contributed by atoms with van der Waals surface area (Å²) < 4.78 is 5.37. The lowest BCUT2D eigenvalue weighted by Crippen LogP contribution is -2.44. The Balaban J connectivity index is 2.18. The summed E-state index contributed by atoms with van der Waals surface area (Å²) in [7, 11) is 1.75. The number of hydrogen-bond acceptors (Lipinski definition) is 3. The number of rotatable bonds is 6. The Labute approximate surface area is 106 Å². The zero-order chi connectivity index (χ0) is 12.9. The van der Waals surface area contributed by atoms with E-state index in [2.05, 4.69) is 26.1 Å². The molecule has 102 valence electrons. The fourth-order valence-electron chi connectivity index (χ4n) is 2.29. The molecule has 0 spiro atoms. The Morgan fingerprint density at radius 1 is 1.35 bits per heavy atom. The summed E-state index contributed by atoms with van der Waals surface area (Å²) in [5.41, 5.74) is -0.541. The van der Waals surface area contributed by atoms with E-state index >= 15 is 0 Å². The van der Waals surface area contributed by atoms with Crippen molar-refractivity contribution in [3.8, 4) is 0 Å². The van der Waals surface area contributed by atoms with Crippen LogP contribution in [0.2, 0.25) is 0 Å². The first kappa shape index (κ1) is 14.9. The second-order valence-electron chi connectivity index (χ2n) is 6.30. The van der Waals surface area contributed by atoms with Gasteiger partial charge in [0.1, 0.15) is 0 Å². The molecule has 1 rings (SSSR count). The molecule has 0 aliphatic heterocycles. The minimum atomic E-state index is -0.469. The molecule has 0 saturated heterocycles. The average Bonchev–Trinajstić information content (AvgIpc) is 2.29. The summed E-state index contributed by atoms with van der Waals surface area (Å²) in [4.78, 5) is 0. The Hall–Kier alpha value is -0.120. The Kier molecular flexibility index (Phi) is 5.42. The van der Waals surface area contributed by atoms with Crippen LogP contribution in [0.5, 0.6) is 0 Å². The quantitative estimate of drug-likeness (QED) is 0.704. The molecule has 1 aliphatic carbocycles. The van der Waals surface area contributed by atoms with Gasteiger partial charge in [-0.3, -0.25) is 0 Å². The molecule has 1 fully saturated rings. The van der Waals surface area contributed by atoms with Gasteiger partial charge < -0.3 is 15.2 Å². The molecule has 0 amide bonds. The van der Waals surface area contributed by atoms with Crippen LogP contribution in [-0.2, 0) is 4.74 Å². The molecule has 0 atom stereocenters. The largest absolute Gasteiger partial charge is 0.389 e. The smallest absolute Gasteiger partial charge is 0.0771 e. The molecule has 0 bridgehead atoms. The monoisotopic (exact) mass is 243 g/mol. The lowest BCUT2D eigenvalue weighted by atomic mass is 9.79. The Bertz CT molecular complexity index is 220. The van der Waals surface area contributed by atoms with Gasteiger partial charge in [0.15, 0.2) is 0 Å². The fraction of sp³-hybridized carbons (Fsp3) is 1.00. The molecule has 0 unspecified atom stereocenters. The topological polar surface area (TPSA) is 41.5 Å². The molecule has 1 aliphatic rings. The Morgan fingerprint density at radius 3 is 2.47 bits per heavy atom. The zero-order valence-corrected chi connectivity index (χ0v) is 11.9. The van der Waals surface area contributed by atoms with Crippen molar-refractivity contribution in [1.29, 1.82) is 0 Å². The van der Waals surface area contributed by atoms with E-state index < -0.39 is 5.60 Å². The number of ether oxygens (including phenoxy) is 1. The maximum atomic E-state index is 10.4. The van der Waals surface area contributed by atoms with Crippen molar-refractivity contribution >= 4 is 0 Å². The van der Waals surface area contributed by atoms with E-state index in [-0.39, 0.29) is 5.60 Å². The minimum Gasteiger partial charge on any atom is -0.389 e. The highest BCUT2D eigenvalue weighted by molar-refractivity contribution is 4.86. The molecule has 3 nitrogen and oxygen atoms in total. The van der Waals surface area contributed by atoms with Crippen LogP contribution < -0.4 is 5.32 Å². The summed E-state index contributed by atoms with van der Waals surface area (Å²) in [5, 5.41) is 13.8. The van der Waals surface area contributed by atoms with Gasteiger partial charge in [0.25, 0.3) is 0 Å². The summed E-state index contributed by atoms with van der Waals surface area (Å²) >= 11 is 0. The highest BCUT2D eigenvalue weighted by Gasteiger charge is 2.31. The molecule has 17 heavy (non-hydrogen) atoms.